The van der Waals surface area contributed by atoms with Crippen molar-refractivity contribution < 1.29 is 0 Å². The molecule has 0 unspecified atom stereocenters. The molecule has 0 bridgehead atoms. The Kier molecular flexibility index (Phi) is 1.56. The molecule has 0 atom stereocenters. The normalized spacial score (nSPS) is 10.9. The minimum absolute atomic E-state index is 0.125. The van der Waals surface area contributed by atoms with Crippen molar-refractivity contribution >= 4 is 55.0 Å². The van der Waals surface area contributed by atoms with E-state index in [1.165, 1.54) is 34.0 Å². The fourth-order valence-corrected chi connectivity index (χ4v) is 4.08. The van der Waals surface area contributed by atoms with Crippen LogP contribution in [0.5, 0.6) is 0 Å². The molecule has 2 aromatic rings. The van der Waals surface area contributed by atoms with E-state index in [1.807, 2.05) is 5.38 Å². The second kappa shape index (κ2) is 2.30. The van der Waals surface area contributed by atoms with Gasteiger partial charge in [0.1, 0.15) is 4.34 Å². The molecule has 5 heteroatoms. The molecule has 10 heavy (non-hydrogen) atoms. The van der Waals surface area contributed by atoms with Crippen molar-refractivity contribution in [2.24, 2.45) is 0 Å². The molecule has 0 aliphatic rings. The zero-order valence-corrected chi connectivity index (χ0v) is 7.79. The van der Waals surface area contributed by atoms with Gasteiger partial charge in [-0.2, -0.15) is 0 Å². The molecule has 0 aliphatic heterocycles. The quantitative estimate of drug-likeness (QED) is 0.651. The Morgan fingerprint density at radius 2 is 2.20 bits per heavy atom. The molecule has 0 radical (unpaired) electrons. The van der Waals surface area contributed by atoms with Crippen LogP contribution in [0, 0.1) is 0 Å². The third kappa shape index (κ3) is 0.917. The Morgan fingerprint density at radius 1 is 1.40 bits per heavy atom. The molecule has 0 saturated heterocycles. The van der Waals surface area contributed by atoms with E-state index in [9.17, 15) is 4.79 Å². The number of thiophene rings is 1. The first-order valence-electron chi connectivity index (χ1n) is 2.44. The van der Waals surface area contributed by atoms with Crippen LogP contribution >= 0.6 is 45.6 Å². The maximum Gasteiger partial charge on any atom is 0.288 e. The lowest BCUT2D eigenvalue weighted by atomic mass is 10.7. The molecule has 0 saturated carbocycles. The molecule has 0 aromatic carbocycles. The van der Waals surface area contributed by atoms with Crippen LogP contribution in [0.4, 0.5) is 0 Å². The molecule has 52 valence electrons. The highest BCUT2D eigenvalue weighted by molar-refractivity contribution is 7.39. The smallest absolute Gasteiger partial charge is 0.265 e. The van der Waals surface area contributed by atoms with Gasteiger partial charge in [0.05, 0.1) is 9.40 Å². The molecule has 0 spiro atoms. The van der Waals surface area contributed by atoms with Crippen LogP contribution in [0.3, 0.4) is 0 Å². The Hall–Kier alpha value is 0.1000. The zero-order chi connectivity index (χ0) is 7.14. The first-order chi connectivity index (χ1) is 4.77. The van der Waals surface area contributed by atoms with Crippen molar-refractivity contribution in [3.63, 3.8) is 0 Å². The summed E-state index contributed by atoms with van der Waals surface area (Å²) in [7, 11) is 0. The Bertz CT molecular complexity index is 410. The van der Waals surface area contributed by atoms with Crippen LogP contribution in [0.15, 0.2) is 10.2 Å². The minimum Gasteiger partial charge on any atom is -0.265 e. The summed E-state index contributed by atoms with van der Waals surface area (Å²) in [5.74, 6) is 0. The topological polar surface area (TPSA) is 17.1 Å². The lowest BCUT2D eigenvalue weighted by Gasteiger charge is -1.71. The molecule has 2 heterocycles. The lowest BCUT2D eigenvalue weighted by Crippen LogP contribution is -1.73. The van der Waals surface area contributed by atoms with Gasteiger partial charge < -0.3 is 0 Å². The molecular weight excluding hydrogens is 208 g/mol. The average Bonchev–Trinajstić information content (AvgIpc) is 2.35. The third-order valence-corrected chi connectivity index (χ3v) is 4.79. The van der Waals surface area contributed by atoms with E-state index < -0.39 is 0 Å². The number of fused-ring (bicyclic) bond motifs is 1. The van der Waals surface area contributed by atoms with Crippen LogP contribution in [0.1, 0.15) is 0 Å². The summed E-state index contributed by atoms with van der Waals surface area (Å²) < 4.78 is 2.82. The summed E-state index contributed by atoms with van der Waals surface area (Å²) in [6.45, 7) is 0. The summed E-state index contributed by atoms with van der Waals surface area (Å²) in [6, 6.07) is 0. The van der Waals surface area contributed by atoms with Crippen LogP contribution < -0.4 is 4.06 Å². The van der Waals surface area contributed by atoms with E-state index in [-0.39, 0.29) is 4.06 Å². The summed E-state index contributed by atoms with van der Waals surface area (Å²) in [6.07, 6.45) is 0. The maximum atomic E-state index is 10.8. The highest BCUT2D eigenvalue weighted by Crippen LogP contribution is 2.34. The van der Waals surface area contributed by atoms with E-state index in [0.717, 1.165) is 13.7 Å². The van der Waals surface area contributed by atoms with Crippen LogP contribution in [0.25, 0.3) is 9.40 Å². The Morgan fingerprint density at radius 3 is 2.90 bits per heavy atom. The van der Waals surface area contributed by atoms with Gasteiger partial charge >= 0.3 is 0 Å². The van der Waals surface area contributed by atoms with E-state index in [1.54, 1.807) is 0 Å². The Balaban J connectivity index is 3.03. The van der Waals surface area contributed by atoms with Crippen LogP contribution in [-0.2, 0) is 0 Å². The molecule has 1 nitrogen and oxygen atoms in total. The van der Waals surface area contributed by atoms with E-state index in [2.05, 4.69) is 0 Å². The van der Waals surface area contributed by atoms with Gasteiger partial charge in [0.15, 0.2) is 0 Å². The maximum absolute atomic E-state index is 10.8. The third-order valence-electron chi connectivity index (χ3n) is 1.05. The molecule has 0 N–H and O–H groups in total. The molecule has 0 amide bonds. The predicted molar refractivity (Wildman–Crippen MR) is 48.9 cm³/mol. The SMILES string of the molecule is O=c1sc2csc(Cl)c2s1. The fraction of sp³-hybridized carbons (Fsp3) is 0. The van der Waals surface area contributed by atoms with Crippen molar-refractivity contribution in [1.29, 1.82) is 0 Å². The second-order valence-electron chi connectivity index (χ2n) is 1.66. The molecular formula is C5HClOS3. The highest BCUT2D eigenvalue weighted by atomic mass is 35.5. The van der Waals surface area contributed by atoms with Crippen molar-refractivity contribution in [2.75, 3.05) is 0 Å². The van der Waals surface area contributed by atoms with Crippen LogP contribution in [-0.4, -0.2) is 0 Å². The molecule has 0 fully saturated rings. The largest absolute Gasteiger partial charge is 0.288 e. The average molecular weight is 209 g/mol. The van der Waals surface area contributed by atoms with Crippen molar-refractivity contribution in [3.8, 4) is 0 Å². The zero-order valence-electron chi connectivity index (χ0n) is 4.59. The number of rotatable bonds is 0. The first-order valence-corrected chi connectivity index (χ1v) is 5.33. The van der Waals surface area contributed by atoms with Gasteiger partial charge in [-0.1, -0.05) is 34.3 Å². The molecule has 0 aliphatic carbocycles. The molecule has 2 aromatic heterocycles. The first kappa shape index (κ1) is 6.79. The monoisotopic (exact) mass is 208 g/mol. The number of halogens is 1. The second-order valence-corrected chi connectivity index (χ2v) is 5.39. The van der Waals surface area contributed by atoms with Gasteiger partial charge in [-0.3, -0.25) is 4.79 Å². The van der Waals surface area contributed by atoms with Gasteiger partial charge in [-0.15, -0.1) is 11.3 Å². The Labute approximate surface area is 73.5 Å². The predicted octanol–water partition coefficient (Wildman–Crippen LogP) is 3.04. The van der Waals surface area contributed by atoms with Crippen molar-refractivity contribution in [2.45, 2.75) is 0 Å². The summed E-state index contributed by atoms with van der Waals surface area (Å²) >= 11 is 9.75. The van der Waals surface area contributed by atoms with E-state index >= 15 is 0 Å². The van der Waals surface area contributed by atoms with Gasteiger partial charge in [0.25, 0.3) is 4.06 Å². The number of hydrogen-bond donors (Lipinski definition) is 0. The fourth-order valence-electron chi connectivity index (χ4n) is 0.664. The molecule has 2 rings (SSSR count). The minimum atomic E-state index is 0.125. The van der Waals surface area contributed by atoms with E-state index in [4.69, 9.17) is 11.6 Å². The van der Waals surface area contributed by atoms with Gasteiger partial charge in [-0.05, 0) is 0 Å². The highest BCUT2D eigenvalue weighted by Gasteiger charge is 2.05. The summed E-state index contributed by atoms with van der Waals surface area (Å²) in [4.78, 5) is 10.8. The summed E-state index contributed by atoms with van der Waals surface area (Å²) in [5, 5.41) is 1.92. The van der Waals surface area contributed by atoms with Gasteiger partial charge in [0.2, 0.25) is 0 Å². The van der Waals surface area contributed by atoms with Crippen molar-refractivity contribution in [3.05, 3.63) is 18.6 Å². The standard InChI is InChI=1S/C5HClOS3/c6-4-3-2(1-8-4)9-5(7)10-3/h1H. The summed E-state index contributed by atoms with van der Waals surface area (Å²) in [5.41, 5.74) is 0. The van der Waals surface area contributed by atoms with Gasteiger partial charge in [0, 0.05) is 5.38 Å². The van der Waals surface area contributed by atoms with Crippen LogP contribution in [0.2, 0.25) is 4.34 Å². The van der Waals surface area contributed by atoms with Gasteiger partial charge in [-0.25, -0.2) is 0 Å². The lowest BCUT2D eigenvalue weighted by molar-refractivity contribution is 2.25. The van der Waals surface area contributed by atoms with Crippen molar-refractivity contribution in [1.82, 2.24) is 0 Å². The number of hydrogen-bond acceptors (Lipinski definition) is 4. The van der Waals surface area contributed by atoms with E-state index in [0.29, 0.717) is 0 Å².